The molecule has 70 valence electrons. The van der Waals surface area contributed by atoms with Gasteiger partial charge in [0.15, 0.2) is 0 Å². The van der Waals surface area contributed by atoms with Gasteiger partial charge in [0.2, 0.25) is 0 Å². The van der Waals surface area contributed by atoms with Gasteiger partial charge in [0, 0.05) is 24.3 Å². The topological polar surface area (TPSA) is 37.8 Å². The van der Waals surface area contributed by atoms with Crippen LogP contribution in [0.5, 0.6) is 0 Å². The molecule has 0 saturated heterocycles. The van der Waals surface area contributed by atoms with Gasteiger partial charge in [-0.05, 0) is 30.7 Å². The minimum Gasteiger partial charge on any atom is -0.354 e. The van der Waals surface area contributed by atoms with E-state index in [0.29, 0.717) is 0 Å². The molecule has 0 spiro atoms. The number of anilines is 2. The lowest BCUT2D eigenvalue weighted by atomic mass is 10.3. The molecule has 0 saturated carbocycles. The summed E-state index contributed by atoms with van der Waals surface area (Å²) in [5.41, 5.74) is 3.16. The van der Waals surface area contributed by atoms with E-state index >= 15 is 0 Å². The molecule has 0 atom stereocenters. The second kappa shape index (κ2) is 3.87. The quantitative estimate of drug-likeness (QED) is 0.781. The highest BCUT2D eigenvalue weighted by Gasteiger charge is 1.93. The lowest BCUT2D eigenvalue weighted by Crippen LogP contribution is -1.91. The van der Waals surface area contributed by atoms with Gasteiger partial charge in [-0.15, -0.1) is 0 Å². The second-order valence-electron chi connectivity index (χ2n) is 3.11. The summed E-state index contributed by atoms with van der Waals surface area (Å²) in [4.78, 5) is 8.05. The average molecular weight is 185 g/mol. The zero-order chi connectivity index (χ0) is 9.80. The predicted octanol–water partition coefficient (Wildman–Crippen LogP) is 2.53. The number of nitrogens with one attached hydrogen (secondary N) is 1. The molecule has 0 radical (unpaired) electrons. The van der Waals surface area contributed by atoms with E-state index in [1.54, 1.807) is 18.6 Å². The first-order chi connectivity index (χ1) is 6.84. The minimum atomic E-state index is 0.996. The SMILES string of the molecule is Cc1cncc(Nc2ccncc2)c1. The molecular weight excluding hydrogens is 174 g/mol. The molecule has 0 aliphatic rings. The molecule has 0 aliphatic heterocycles. The summed E-state index contributed by atoms with van der Waals surface area (Å²) >= 11 is 0. The van der Waals surface area contributed by atoms with E-state index in [-0.39, 0.29) is 0 Å². The van der Waals surface area contributed by atoms with Gasteiger partial charge >= 0.3 is 0 Å². The average Bonchev–Trinajstić information content (AvgIpc) is 2.19. The fourth-order valence-corrected chi connectivity index (χ4v) is 1.23. The van der Waals surface area contributed by atoms with Gasteiger partial charge in [-0.1, -0.05) is 0 Å². The van der Waals surface area contributed by atoms with Crippen molar-refractivity contribution >= 4 is 11.4 Å². The molecule has 14 heavy (non-hydrogen) atoms. The first-order valence-corrected chi connectivity index (χ1v) is 4.43. The third-order valence-electron chi connectivity index (χ3n) is 1.84. The Morgan fingerprint density at radius 1 is 1.00 bits per heavy atom. The number of nitrogens with zero attached hydrogens (tertiary/aromatic N) is 2. The van der Waals surface area contributed by atoms with Crippen LogP contribution in [0.1, 0.15) is 5.56 Å². The maximum absolute atomic E-state index is 4.10. The van der Waals surface area contributed by atoms with E-state index in [4.69, 9.17) is 0 Å². The molecule has 0 unspecified atom stereocenters. The van der Waals surface area contributed by atoms with Gasteiger partial charge in [-0.2, -0.15) is 0 Å². The van der Waals surface area contributed by atoms with E-state index in [2.05, 4.69) is 15.3 Å². The largest absolute Gasteiger partial charge is 0.354 e. The summed E-state index contributed by atoms with van der Waals surface area (Å²) in [6, 6.07) is 5.89. The number of rotatable bonds is 2. The van der Waals surface area contributed by atoms with E-state index in [1.165, 1.54) is 0 Å². The molecule has 0 amide bonds. The molecule has 0 aliphatic carbocycles. The highest BCUT2D eigenvalue weighted by Crippen LogP contribution is 2.14. The van der Waals surface area contributed by atoms with Crippen molar-refractivity contribution in [3.8, 4) is 0 Å². The van der Waals surface area contributed by atoms with Crippen LogP contribution in [-0.4, -0.2) is 9.97 Å². The van der Waals surface area contributed by atoms with Crippen molar-refractivity contribution in [3.63, 3.8) is 0 Å². The second-order valence-corrected chi connectivity index (χ2v) is 3.11. The zero-order valence-electron chi connectivity index (χ0n) is 7.94. The van der Waals surface area contributed by atoms with E-state index in [0.717, 1.165) is 16.9 Å². The van der Waals surface area contributed by atoms with Crippen LogP contribution in [0.15, 0.2) is 43.0 Å². The summed E-state index contributed by atoms with van der Waals surface area (Å²) < 4.78 is 0. The predicted molar refractivity (Wildman–Crippen MR) is 56.5 cm³/mol. The highest BCUT2D eigenvalue weighted by molar-refractivity contribution is 5.58. The molecule has 2 rings (SSSR count). The van der Waals surface area contributed by atoms with Gasteiger partial charge in [0.05, 0.1) is 11.9 Å². The summed E-state index contributed by atoms with van der Waals surface area (Å²) in [6.07, 6.45) is 7.14. The summed E-state index contributed by atoms with van der Waals surface area (Å²) in [6.45, 7) is 2.02. The van der Waals surface area contributed by atoms with Gasteiger partial charge < -0.3 is 5.32 Å². The fraction of sp³-hybridized carbons (Fsp3) is 0.0909. The zero-order valence-corrected chi connectivity index (χ0v) is 7.94. The van der Waals surface area contributed by atoms with Crippen LogP contribution >= 0.6 is 0 Å². The number of pyridine rings is 2. The molecule has 2 aromatic heterocycles. The van der Waals surface area contributed by atoms with Crippen molar-refractivity contribution in [1.82, 2.24) is 9.97 Å². The standard InChI is InChI=1S/C11H11N3/c1-9-6-11(8-13-7-9)14-10-2-4-12-5-3-10/h2-8H,1H3,(H,12,14). The molecule has 2 aromatic rings. The smallest absolute Gasteiger partial charge is 0.0573 e. The number of hydrogen-bond acceptors (Lipinski definition) is 3. The van der Waals surface area contributed by atoms with Crippen molar-refractivity contribution in [3.05, 3.63) is 48.5 Å². The molecule has 0 fully saturated rings. The minimum absolute atomic E-state index is 0.996. The molecule has 1 N–H and O–H groups in total. The Balaban J connectivity index is 2.19. The molecule has 3 nitrogen and oxygen atoms in total. The van der Waals surface area contributed by atoms with E-state index < -0.39 is 0 Å². The Bertz CT molecular complexity index is 412. The molecule has 0 aromatic carbocycles. The van der Waals surface area contributed by atoms with Crippen molar-refractivity contribution in [2.45, 2.75) is 6.92 Å². The highest BCUT2D eigenvalue weighted by atomic mass is 14.9. The van der Waals surface area contributed by atoms with Gasteiger partial charge in [-0.3, -0.25) is 9.97 Å². The van der Waals surface area contributed by atoms with Crippen molar-refractivity contribution in [2.24, 2.45) is 0 Å². The monoisotopic (exact) mass is 185 g/mol. The first kappa shape index (κ1) is 8.69. The first-order valence-electron chi connectivity index (χ1n) is 4.43. The molecule has 2 heterocycles. The van der Waals surface area contributed by atoms with Crippen molar-refractivity contribution in [1.29, 1.82) is 0 Å². The van der Waals surface area contributed by atoms with Crippen LogP contribution < -0.4 is 5.32 Å². The van der Waals surface area contributed by atoms with E-state index in [9.17, 15) is 0 Å². The van der Waals surface area contributed by atoms with Crippen molar-refractivity contribution in [2.75, 3.05) is 5.32 Å². The summed E-state index contributed by atoms with van der Waals surface area (Å²) in [7, 11) is 0. The lowest BCUT2D eigenvalue weighted by Gasteiger charge is -2.05. The third-order valence-corrected chi connectivity index (χ3v) is 1.84. The summed E-state index contributed by atoms with van der Waals surface area (Å²) in [5, 5.41) is 3.24. The van der Waals surface area contributed by atoms with Crippen LogP contribution in [0.3, 0.4) is 0 Å². The molecular formula is C11H11N3. The number of aryl methyl sites for hydroxylation is 1. The summed E-state index contributed by atoms with van der Waals surface area (Å²) in [5.74, 6) is 0. The van der Waals surface area contributed by atoms with Crippen LogP contribution in [0, 0.1) is 6.92 Å². The maximum Gasteiger partial charge on any atom is 0.0573 e. The maximum atomic E-state index is 4.10. The normalized spacial score (nSPS) is 9.79. The Hall–Kier alpha value is -1.90. The van der Waals surface area contributed by atoms with Gasteiger partial charge in [-0.25, -0.2) is 0 Å². The number of aromatic nitrogens is 2. The Morgan fingerprint density at radius 3 is 2.50 bits per heavy atom. The number of hydrogen-bond donors (Lipinski definition) is 1. The molecule has 0 bridgehead atoms. The van der Waals surface area contributed by atoms with Crippen LogP contribution in [-0.2, 0) is 0 Å². The lowest BCUT2D eigenvalue weighted by molar-refractivity contribution is 1.26. The van der Waals surface area contributed by atoms with Crippen LogP contribution in [0.2, 0.25) is 0 Å². The Morgan fingerprint density at radius 2 is 1.79 bits per heavy atom. The third kappa shape index (κ3) is 2.07. The molecule has 3 heteroatoms. The van der Waals surface area contributed by atoms with E-state index in [1.807, 2.05) is 31.3 Å². The van der Waals surface area contributed by atoms with Gasteiger partial charge in [0.25, 0.3) is 0 Å². The Kier molecular flexibility index (Phi) is 2.40. The van der Waals surface area contributed by atoms with Gasteiger partial charge in [0.1, 0.15) is 0 Å². The van der Waals surface area contributed by atoms with Crippen LogP contribution in [0.4, 0.5) is 11.4 Å². The fourth-order valence-electron chi connectivity index (χ4n) is 1.23. The Labute approximate surface area is 82.8 Å². The van der Waals surface area contributed by atoms with Crippen LogP contribution in [0.25, 0.3) is 0 Å². The van der Waals surface area contributed by atoms with Crippen molar-refractivity contribution < 1.29 is 0 Å².